The minimum absolute atomic E-state index is 0.197. The third-order valence-electron chi connectivity index (χ3n) is 3.85. The number of esters is 1. The number of allylic oxidation sites excluding steroid dienone is 2. The van der Waals surface area contributed by atoms with Crippen LogP contribution >= 0.6 is 0 Å². The normalized spacial score (nSPS) is 29.5. The molecular weight excluding hydrogens is 212 g/mol. The van der Waals surface area contributed by atoms with E-state index in [0.717, 1.165) is 5.92 Å². The third kappa shape index (κ3) is 2.12. The van der Waals surface area contributed by atoms with Gasteiger partial charge >= 0.3 is 5.97 Å². The molecule has 2 aliphatic carbocycles. The molecule has 1 saturated carbocycles. The van der Waals surface area contributed by atoms with Crippen LogP contribution in [0.15, 0.2) is 42.5 Å². The van der Waals surface area contributed by atoms with Gasteiger partial charge in [-0.25, -0.2) is 4.79 Å². The Kier molecular flexibility index (Phi) is 2.71. The first-order valence-corrected chi connectivity index (χ1v) is 6.23. The Morgan fingerprint density at radius 1 is 1.18 bits per heavy atom. The Bertz CT molecular complexity index is 435. The number of hydrogen-bond acceptors (Lipinski definition) is 2. The minimum atomic E-state index is -0.197. The molecule has 0 N–H and O–H groups in total. The standard InChI is InChI=1S/C15H16O2/c16-15(12-4-2-1-3-5-12)17-10-14-9-11-6-7-13(14)8-11/h1-7,11,13-14H,8-10H2/t11-,13-,14-/m0/s1. The number of carbonyl (C=O) groups is 1. The summed E-state index contributed by atoms with van der Waals surface area (Å²) in [6, 6.07) is 9.21. The lowest BCUT2D eigenvalue weighted by molar-refractivity contribution is 0.0421. The van der Waals surface area contributed by atoms with Crippen molar-refractivity contribution in [1.29, 1.82) is 0 Å². The third-order valence-corrected chi connectivity index (χ3v) is 3.85. The van der Waals surface area contributed by atoms with E-state index in [-0.39, 0.29) is 5.97 Å². The molecule has 1 aromatic carbocycles. The van der Waals surface area contributed by atoms with Crippen molar-refractivity contribution in [2.45, 2.75) is 12.8 Å². The van der Waals surface area contributed by atoms with Gasteiger partial charge in [0, 0.05) is 0 Å². The molecule has 0 unspecified atom stereocenters. The zero-order valence-electron chi connectivity index (χ0n) is 9.71. The summed E-state index contributed by atoms with van der Waals surface area (Å²) in [4.78, 5) is 11.8. The molecule has 0 aliphatic heterocycles. The predicted molar refractivity (Wildman–Crippen MR) is 65.6 cm³/mol. The van der Waals surface area contributed by atoms with Crippen LogP contribution in [0.4, 0.5) is 0 Å². The van der Waals surface area contributed by atoms with Gasteiger partial charge in [0.15, 0.2) is 0 Å². The highest BCUT2D eigenvalue weighted by molar-refractivity contribution is 5.89. The number of benzene rings is 1. The summed E-state index contributed by atoms with van der Waals surface area (Å²) in [7, 11) is 0. The van der Waals surface area contributed by atoms with Crippen LogP contribution in [-0.2, 0) is 4.74 Å². The second kappa shape index (κ2) is 4.36. The van der Waals surface area contributed by atoms with Crippen molar-refractivity contribution in [3.8, 4) is 0 Å². The Balaban J connectivity index is 1.55. The zero-order valence-corrected chi connectivity index (χ0v) is 9.71. The molecule has 1 aromatic rings. The molecule has 2 nitrogen and oxygen atoms in total. The number of carbonyl (C=O) groups excluding carboxylic acids is 1. The molecule has 0 amide bonds. The van der Waals surface area contributed by atoms with E-state index < -0.39 is 0 Å². The number of hydrogen-bond donors (Lipinski definition) is 0. The lowest BCUT2D eigenvalue weighted by Crippen LogP contribution is -2.17. The lowest BCUT2D eigenvalue weighted by atomic mass is 9.95. The molecule has 2 bridgehead atoms. The van der Waals surface area contributed by atoms with E-state index in [4.69, 9.17) is 4.74 Å². The molecule has 1 fully saturated rings. The van der Waals surface area contributed by atoms with E-state index in [1.54, 1.807) is 12.1 Å². The molecule has 17 heavy (non-hydrogen) atoms. The Morgan fingerprint density at radius 2 is 2.00 bits per heavy atom. The fourth-order valence-corrected chi connectivity index (χ4v) is 2.93. The van der Waals surface area contributed by atoms with Gasteiger partial charge < -0.3 is 4.74 Å². The highest BCUT2D eigenvalue weighted by atomic mass is 16.5. The van der Waals surface area contributed by atoms with Gasteiger partial charge in [0.25, 0.3) is 0 Å². The molecule has 2 aliphatic rings. The van der Waals surface area contributed by atoms with Crippen molar-refractivity contribution in [1.82, 2.24) is 0 Å². The SMILES string of the molecule is O=C(OC[C@@H]1C[C@H]2C=C[C@H]1C2)c1ccccc1. The molecule has 0 spiro atoms. The van der Waals surface area contributed by atoms with Crippen LogP contribution in [0.5, 0.6) is 0 Å². The predicted octanol–water partition coefficient (Wildman–Crippen LogP) is 3.06. The van der Waals surface area contributed by atoms with Gasteiger partial charge in [-0.3, -0.25) is 0 Å². The molecule has 0 aromatic heterocycles. The van der Waals surface area contributed by atoms with Gasteiger partial charge in [-0.2, -0.15) is 0 Å². The summed E-state index contributed by atoms with van der Waals surface area (Å²) in [5.41, 5.74) is 0.645. The molecular formula is C15H16O2. The molecule has 88 valence electrons. The molecule has 0 heterocycles. The average Bonchev–Trinajstić information content (AvgIpc) is 2.99. The monoisotopic (exact) mass is 228 g/mol. The van der Waals surface area contributed by atoms with Gasteiger partial charge in [0.2, 0.25) is 0 Å². The summed E-state index contributed by atoms with van der Waals surface area (Å²) in [5.74, 6) is 1.72. The number of ether oxygens (including phenoxy) is 1. The van der Waals surface area contributed by atoms with Crippen LogP contribution in [0, 0.1) is 17.8 Å². The van der Waals surface area contributed by atoms with E-state index in [0.29, 0.717) is 24.0 Å². The highest BCUT2D eigenvalue weighted by Gasteiger charge is 2.36. The largest absolute Gasteiger partial charge is 0.462 e. The second-order valence-corrected chi connectivity index (χ2v) is 5.00. The van der Waals surface area contributed by atoms with Crippen molar-refractivity contribution in [3.63, 3.8) is 0 Å². The lowest BCUT2D eigenvalue weighted by Gasteiger charge is -2.17. The number of rotatable bonds is 3. The maximum Gasteiger partial charge on any atom is 0.338 e. The van der Waals surface area contributed by atoms with E-state index in [1.165, 1.54) is 12.8 Å². The van der Waals surface area contributed by atoms with Crippen molar-refractivity contribution >= 4 is 5.97 Å². The maximum atomic E-state index is 11.8. The Morgan fingerprint density at radius 3 is 2.65 bits per heavy atom. The maximum absolute atomic E-state index is 11.8. The van der Waals surface area contributed by atoms with Crippen molar-refractivity contribution in [2.75, 3.05) is 6.61 Å². The minimum Gasteiger partial charge on any atom is -0.462 e. The van der Waals surface area contributed by atoms with Gasteiger partial charge in [-0.05, 0) is 42.7 Å². The van der Waals surface area contributed by atoms with Crippen LogP contribution < -0.4 is 0 Å². The van der Waals surface area contributed by atoms with Gasteiger partial charge in [-0.15, -0.1) is 0 Å². The first-order valence-electron chi connectivity index (χ1n) is 6.23. The van der Waals surface area contributed by atoms with E-state index in [1.807, 2.05) is 18.2 Å². The molecule has 0 radical (unpaired) electrons. The van der Waals surface area contributed by atoms with E-state index in [2.05, 4.69) is 12.2 Å². The Hall–Kier alpha value is -1.57. The molecule has 0 saturated heterocycles. The highest BCUT2D eigenvalue weighted by Crippen LogP contribution is 2.43. The van der Waals surface area contributed by atoms with Crippen LogP contribution in [0.1, 0.15) is 23.2 Å². The van der Waals surface area contributed by atoms with Crippen LogP contribution in [-0.4, -0.2) is 12.6 Å². The topological polar surface area (TPSA) is 26.3 Å². The summed E-state index contributed by atoms with van der Waals surface area (Å²) in [5, 5.41) is 0. The van der Waals surface area contributed by atoms with Crippen LogP contribution in [0.3, 0.4) is 0 Å². The summed E-state index contributed by atoms with van der Waals surface area (Å²) < 4.78 is 5.39. The van der Waals surface area contributed by atoms with Crippen molar-refractivity contribution in [2.24, 2.45) is 17.8 Å². The first kappa shape index (κ1) is 10.6. The van der Waals surface area contributed by atoms with Crippen molar-refractivity contribution < 1.29 is 9.53 Å². The average molecular weight is 228 g/mol. The van der Waals surface area contributed by atoms with Gasteiger partial charge in [-0.1, -0.05) is 30.4 Å². The first-order chi connectivity index (χ1) is 8.33. The van der Waals surface area contributed by atoms with Gasteiger partial charge in [0.1, 0.15) is 0 Å². The van der Waals surface area contributed by atoms with Gasteiger partial charge in [0.05, 0.1) is 12.2 Å². The Labute approximate surface area is 101 Å². The fourth-order valence-electron chi connectivity index (χ4n) is 2.93. The molecule has 2 heteroatoms. The molecule has 3 rings (SSSR count). The summed E-state index contributed by atoms with van der Waals surface area (Å²) in [6.07, 6.45) is 7.03. The fraction of sp³-hybridized carbons (Fsp3) is 0.400. The van der Waals surface area contributed by atoms with E-state index >= 15 is 0 Å². The molecule has 3 atom stereocenters. The quantitative estimate of drug-likeness (QED) is 0.587. The smallest absolute Gasteiger partial charge is 0.338 e. The summed E-state index contributed by atoms with van der Waals surface area (Å²) >= 11 is 0. The second-order valence-electron chi connectivity index (χ2n) is 5.00. The number of fused-ring (bicyclic) bond motifs is 2. The summed E-state index contributed by atoms with van der Waals surface area (Å²) in [6.45, 7) is 0.569. The van der Waals surface area contributed by atoms with Crippen LogP contribution in [0.2, 0.25) is 0 Å². The van der Waals surface area contributed by atoms with Crippen LogP contribution in [0.25, 0.3) is 0 Å². The zero-order chi connectivity index (χ0) is 11.7. The van der Waals surface area contributed by atoms with Crippen molar-refractivity contribution in [3.05, 3.63) is 48.0 Å². The van der Waals surface area contributed by atoms with E-state index in [9.17, 15) is 4.79 Å².